The third kappa shape index (κ3) is 2.27. The Morgan fingerprint density at radius 1 is 1.40 bits per heavy atom. The van der Waals surface area contributed by atoms with Crippen molar-refractivity contribution in [3.63, 3.8) is 0 Å². The second kappa shape index (κ2) is 5.01. The third-order valence-corrected chi connectivity index (χ3v) is 3.53. The van der Waals surface area contributed by atoms with Crippen molar-refractivity contribution in [1.82, 2.24) is 19.9 Å². The van der Waals surface area contributed by atoms with Gasteiger partial charge in [-0.15, -0.1) is 5.10 Å². The summed E-state index contributed by atoms with van der Waals surface area (Å²) >= 11 is 1.20. The summed E-state index contributed by atoms with van der Waals surface area (Å²) in [6.07, 6.45) is 0. The van der Waals surface area contributed by atoms with Crippen molar-refractivity contribution in [2.75, 3.05) is 0 Å². The van der Waals surface area contributed by atoms with E-state index in [0.29, 0.717) is 17.2 Å². The maximum atomic E-state index is 12.0. The Hall–Kier alpha value is -2.28. The van der Waals surface area contributed by atoms with Gasteiger partial charge in [0.25, 0.3) is 5.91 Å². The lowest BCUT2D eigenvalue weighted by atomic mass is 10.3. The topological polar surface area (TPSA) is 80.9 Å². The number of para-hydroxylation sites is 2. The fraction of sp³-hybridized carbons (Fsp3) is 0.231. The third-order valence-electron chi connectivity index (χ3n) is 2.90. The van der Waals surface area contributed by atoms with Gasteiger partial charge in [-0.1, -0.05) is 16.6 Å². The van der Waals surface area contributed by atoms with Gasteiger partial charge in [-0.3, -0.25) is 4.79 Å². The number of hydrogen-bond donors (Lipinski definition) is 1. The Kier molecular flexibility index (Phi) is 3.19. The first kappa shape index (κ1) is 12.7. The van der Waals surface area contributed by atoms with E-state index in [9.17, 15) is 4.79 Å². The van der Waals surface area contributed by atoms with E-state index in [0.717, 1.165) is 10.4 Å². The number of carbonyl (C=O) groups is 1. The Balaban J connectivity index is 1.80. The van der Waals surface area contributed by atoms with Crippen LogP contribution in [0.5, 0.6) is 0 Å². The molecule has 1 amide bonds. The molecule has 2 aromatic heterocycles. The molecule has 0 saturated heterocycles. The molecule has 0 aliphatic carbocycles. The van der Waals surface area contributed by atoms with Crippen LogP contribution in [0.1, 0.15) is 34.2 Å². The summed E-state index contributed by atoms with van der Waals surface area (Å²) < 4.78 is 9.37. The van der Waals surface area contributed by atoms with Crippen molar-refractivity contribution >= 4 is 28.5 Å². The second-order valence-corrected chi connectivity index (χ2v) is 5.35. The van der Waals surface area contributed by atoms with Gasteiger partial charge in [0.2, 0.25) is 5.89 Å². The zero-order valence-corrected chi connectivity index (χ0v) is 11.8. The molecule has 1 aromatic carbocycles. The summed E-state index contributed by atoms with van der Waals surface area (Å²) in [5.41, 5.74) is 1.82. The number of aryl methyl sites for hydroxylation is 1. The molecular formula is C13H12N4O2S. The molecule has 3 rings (SSSR count). The van der Waals surface area contributed by atoms with Crippen LogP contribution in [-0.4, -0.2) is 20.5 Å². The number of carbonyl (C=O) groups excluding carboxylic acids is 1. The lowest BCUT2D eigenvalue weighted by molar-refractivity contribution is 0.0929. The van der Waals surface area contributed by atoms with Crippen LogP contribution in [0, 0.1) is 6.92 Å². The summed E-state index contributed by atoms with van der Waals surface area (Å²) in [4.78, 5) is 17.2. The van der Waals surface area contributed by atoms with Crippen LogP contribution in [0.2, 0.25) is 0 Å². The number of aromatic nitrogens is 3. The maximum Gasteiger partial charge on any atom is 0.273 e. The van der Waals surface area contributed by atoms with Crippen molar-refractivity contribution in [1.29, 1.82) is 0 Å². The molecule has 0 aliphatic heterocycles. The number of hydrogen-bond acceptors (Lipinski definition) is 6. The van der Waals surface area contributed by atoms with Crippen LogP contribution in [0.4, 0.5) is 0 Å². The van der Waals surface area contributed by atoms with E-state index in [1.54, 1.807) is 0 Å². The minimum absolute atomic E-state index is 0.272. The van der Waals surface area contributed by atoms with Crippen LogP contribution < -0.4 is 5.32 Å². The quantitative estimate of drug-likeness (QED) is 0.800. The van der Waals surface area contributed by atoms with Gasteiger partial charge in [-0.2, -0.15) is 0 Å². The molecule has 0 aliphatic rings. The van der Waals surface area contributed by atoms with E-state index in [4.69, 9.17) is 4.42 Å². The standard InChI is InChI=1S/C13H12N4O2S/c1-7(14-12(18)11-8(2)20-17-16-11)13-15-9-5-3-4-6-10(9)19-13/h3-7H,1-2H3,(H,14,18). The summed E-state index contributed by atoms with van der Waals surface area (Å²) in [7, 11) is 0. The van der Waals surface area contributed by atoms with Crippen molar-refractivity contribution in [3.8, 4) is 0 Å². The lowest BCUT2D eigenvalue weighted by Gasteiger charge is -2.08. The Labute approximate surface area is 119 Å². The molecular weight excluding hydrogens is 276 g/mol. The van der Waals surface area contributed by atoms with E-state index < -0.39 is 0 Å². The molecule has 1 atom stereocenters. The van der Waals surface area contributed by atoms with Gasteiger partial charge in [0.1, 0.15) is 11.6 Å². The highest BCUT2D eigenvalue weighted by Gasteiger charge is 2.19. The first-order valence-corrected chi connectivity index (χ1v) is 6.88. The molecule has 1 N–H and O–H groups in total. The smallest absolute Gasteiger partial charge is 0.273 e. The molecule has 0 spiro atoms. The van der Waals surface area contributed by atoms with Crippen molar-refractivity contribution in [2.45, 2.75) is 19.9 Å². The predicted octanol–water partition coefficient (Wildman–Crippen LogP) is 2.48. The highest BCUT2D eigenvalue weighted by atomic mass is 32.1. The highest BCUT2D eigenvalue weighted by molar-refractivity contribution is 7.05. The van der Waals surface area contributed by atoms with E-state index in [-0.39, 0.29) is 11.9 Å². The second-order valence-electron chi connectivity index (χ2n) is 4.39. The average Bonchev–Trinajstić information content (AvgIpc) is 3.04. The van der Waals surface area contributed by atoms with Crippen molar-refractivity contribution in [2.24, 2.45) is 0 Å². The number of oxazole rings is 1. The van der Waals surface area contributed by atoms with Crippen LogP contribution in [0.15, 0.2) is 28.7 Å². The average molecular weight is 288 g/mol. The molecule has 1 unspecified atom stereocenters. The van der Waals surface area contributed by atoms with Gasteiger partial charge in [-0.05, 0) is 37.5 Å². The van der Waals surface area contributed by atoms with Gasteiger partial charge in [0, 0.05) is 0 Å². The van der Waals surface area contributed by atoms with Crippen LogP contribution in [0.25, 0.3) is 11.1 Å². The summed E-state index contributed by atoms with van der Waals surface area (Å²) in [6.45, 7) is 3.63. The molecule has 7 heteroatoms. The lowest BCUT2D eigenvalue weighted by Crippen LogP contribution is -2.27. The molecule has 0 saturated carbocycles. The Morgan fingerprint density at radius 2 is 2.20 bits per heavy atom. The van der Waals surface area contributed by atoms with E-state index >= 15 is 0 Å². The molecule has 2 heterocycles. The minimum atomic E-state index is -0.337. The summed E-state index contributed by atoms with van der Waals surface area (Å²) in [5.74, 6) is 0.200. The fourth-order valence-corrected chi connectivity index (χ4v) is 2.31. The first-order valence-electron chi connectivity index (χ1n) is 6.10. The first-order chi connectivity index (χ1) is 9.65. The monoisotopic (exact) mass is 288 g/mol. The van der Waals surface area contributed by atoms with Crippen LogP contribution in [-0.2, 0) is 0 Å². The number of amides is 1. The SMILES string of the molecule is Cc1snnc1C(=O)NC(C)c1nc2ccccc2o1. The highest BCUT2D eigenvalue weighted by Crippen LogP contribution is 2.20. The zero-order chi connectivity index (χ0) is 14.1. The Bertz CT molecular complexity index is 731. The van der Waals surface area contributed by atoms with Gasteiger partial charge >= 0.3 is 0 Å². The predicted molar refractivity (Wildman–Crippen MR) is 74.5 cm³/mol. The largest absolute Gasteiger partial charge is 0.438 e. The Morgan fingerprint density at radius 3 is 2.90 bits per heavy atom. The maximum absolute atomic E-state index is 12.0. The number of rotatable bonds is 3. The minimum Gasteiger partial charge on any atom is -0.438 e. The number of benzene rings is 1. The summed E-state index contributed by atoms with van der Waals surface area (Å²) in [6, 6.07) is 7.14. The fourth-order valence-electron chi connectivity index (χ4n) is 1.84. The number of nitrogens with zero attached hydrogens (tertiary/aromatic N) is 3. The van der Waals surface area contributed by atoms with Crippen LogP contribution in [0.3, 0.4) is 0 Å². The molecule has 20 heavy (non-hydrogen) atoms. The molecule has 102 valence electrons. The number of nitrogens with one attached hydrogen (secondary N) is 1. The zero-order valence-electron chi connectivity index (χ0n) is 11.0. The molecule has 0 fully saturated rings. The van der Waals surface area contributed by atoms with Crippen molar-refractivity contribution in [3.05, 3.63) is 40.7 Å². The molecule has 3 aromatic rings. The summed E-state index contributed by atoms with van der Waals surface area (Å²) in [5, 5.41) is 6.62. The molecule has 0 bridgehead atoms. The van der Waals surface area contributed by atoms with E-state index in [1.165, 1.54) is 11.5 Å². The molecule has 0 radical (unpaired) electrons. The van der Waals surface area contributed by atoms with Crippen LogP contribution >= 0.6 is 11.5 Å². The van der Waals surface area contributed by atoms with E-state index in [1.807, 2.05) is 38.1 Å². The molecule has 6 nitrogen and oxygen atoms in total. The van der Waals surface area contributed by atoms with Crippen molar-refractivity contribution < 1.29 is 9.21 Å². The number of fused-ring (bicyclic) bond motifs is 1. The van der Waals surface area contributed by atoms with Gasteiger partial charge in [0.05, 0.1) is 4.88 Å². The van der Waals surface area contributed by atoms with Gasteiger partial charge in [-0.25, -0.2) is 4.98 Å². The van der Waals surface area contributed by atoms with Gasteiger partial charge < -0.3 is 9.73 Å². The van der Waals surface area contributed by atoms with E-state index in [2.05, 4.69) is 19.9 Å². The van der Waals surface area contributed by atoms with Gasteiger partial charge in [0.15, 0.2) is 11.3 Å². The normalized spacial score (nSPS) is 12.5.